The fourth-order valence-electron chi connectivity index (χ4n) is 2.30. The molecule has 2 heterocycles. The molecule has 1 aromatic heterocycles. The van der Waals surface area contributed by atoms with Gasteiger partial charge in [-0.25, -0.2) is 9.37 Å². The molecule has 26 heavy (non-hydrogen) atoms. The zero-order valence-electron chi connectivity index (χ0n) is 14.8. The fourth-order valence-corrected chi connectivity index (χ4v) is 3.24. The molecule has 136 valence electrons. The lowest BCUT2D eigenvalue weighted by molar-refractivity contribution is -0.125. The summed E-state index contributed by atoms with van der Waals surface area (Å²) in [4.78, 5) is 30.3. The van der Waals surface area contributed by atoms with Gasteiger partial charge in [-0.15, -0.1) is 0 Å². The van der Waals surface area contributed by atoms with E-state index in [1.165, 1.54) is 36.2 Å². The van der Waals surface area contributed by atoms with Crippen LogP contribution in [-0.4, -0.2) is 27.3 Å². The predicted octanol–water partition coefficient (Wildman–Crippen LogP) is 4.01. The highest BCUT2D eigenvalue weighted by atomic mass is 32.2. The van der Waals surface area contributed by atoms with Crippen molar-refractivity contribution in [2.24, 2.45) is 5.41 Å². The van der Waals surface area contributed by atoms with Crippen molar-refractivity contribution >= 4 is 23.5 Å². The molecule has 3 rings (SSSR count). The first-order valence-corrected chi connectivity index (χ1v) is 9.12. The minimum Gasteiger partial charge on any atom is -0.444 e. The standard InChI is InChI=1S/C19H19FN2O3S/c1-19(2,3)15(23)8-17-22(16(24)11-26-17)9-14-10-25-18(21-14)12-4-6-13(20)7-5-12/h4-8,10H,9,11H2,1-3H3/b17-8-. The highest BCUT2D eigenvalue weighted by molar-refractivity contribution is 8.04. The molecule has 0 spiro atoms. The minimum atomic E-state index is -0.505. The van der Waals surface area contributed by atoms with Gasteiger partial charge in [0.15, 0.2) is 5.78 Å². The quantitative estimate of drug-likeness (QED) is 0.757. The molecule has 0 saturated carbocycles. The van der Waals surface area contributed by atoms with E-state index in [1.807, 2.05) is 20.8 Å². The molecule has 1 aliphatic rings. The molecule has 0 radical (unpaired) electrons. The number of hydrogen-bond donors (Lipinski definition) is 0. The van der Waals surface area contributed by atoms with E-state index in [4.69, 9.17) is 4.42 Å². The molecule has 1 aliphatic heterocycles. The molecule has 0 N–H and O–H groups in total. The molecular weight excluding hydrogens is 355 g/mol. The highest BCUT2D eigenvalue weighted by Gasteiger charge is 2.30. The van der Waals surface area contributed by atoms with Crippen molar-refractivity contribution in [3.05, 3.63) is 53.1 Å². The number of carbonyl (C=O) groups excluding carboxylic acids is 2. The summed E-state index contributed by atoms with van der Waals surface area (Å²) in [5, 5.41) is 0.626. The maximum Gasteiger partial charge on any atom is 0.238 e. The van der Waals surface area contributed by atoms with E-state index >= 15 is 0 Å². The van der Waals surface area contributed by atoms with Crippen LogP contribution in [0.25, 0.3) is 11.5 Å². The van der Waals surface area contributed by atoms with Gasteiger partial charge in [0.05, 0.1) is 23.0 Å². The average molecular weight is 374 g/mol. The first-order valence-electron chi connectivity index (χ1n) is 8.14. The van der Waals surface area contributed by atoms with Crippen molar-refractivity contribution in [1.82, 2.24) is 9.88 Å². The van der Waals surface area contributed by atoms with Crippen LogP contribution in [0, 0.1) is 11.2 Å². The number of thioether (sulfide) groups is 1. The van der Waals surface area contributed by atoms with E-state index in [0.29, 0.717) is 27.9 Å². The number of oxazole rings is 1. The van der Waals surface area contributed by atoms with E-state index < -0.39 is 5.41 Å². The summed E-state index contributed by atoms with van der Waals surface area (Å²) in [6, 6.07) is 5.82. The number of carbonyl (C=O) groups is 2. The van der Waals surface area contributed by atoms with Gasteiger partial charge in [-0.1, -0.05) is 32.5 Å². The Labute approximate surface area is 155 Å². The SMILES string of the molecule is CC(C)(C)C(=O)/C=C1\SCC(=O)N1Cc1coc(-c2ccc(F)cc2)n1. The van der Waals surface area contributed by atoms with Gasteiger partial charge < -0.3 is 4.42 Å². The zero-order chi connectivity index (χ0) is 18.9. The summed E-state index contributed by atoms with van der Waals surface area (Å²) in [6.07, 6.45) is 2.99. The molecule has 1 fully saturated rings. The second kappa shape index (κ2) is 7.07. The van der Waals surface area contributed by atoms with Crippen LogP contribution >= 0.6 is 11.8 Å². The predicted molar refractivity (Wildman–Crippen MR) is 97.5 cm³/mol. The van der Waals surface area contributed by atoms with Gasteiger partial charge in [-0.3, -0.25) is 14.5 Å². The zero-order valence-corrected chi connectivity index (χ0v) is 15.6. The maximum atomic E-state index is 13.0. The van der Waals surface area contributed by atoms with Crippen LogP contribution in [-0.2, 0) is 16.1 Å². The van der Waals surface area contributed by atoms with Crippen molar-refractivity contribution in [1.29, 1.82) is 0 Å². The molecule has 1 saturated heterocycles. The lowest BCUT2D eigenvalue weighted by atomic mass is 9.91. The number of ketones is 1. The molecule has 0 atom stereocenters. The Morgan fingerprint density at radius 1 is 1.35 bits per heavy atom. The molecule has 1 aromatic carbocycles. The summed E-state index contributed by atoms with van der Waals surface area (Å²) < 4.78 is 18.5. The average Bonchev–Trinajstić information content (AvgIpc) is 3.17. The number of halogens is 1. The second-order valence-electron chi connectivity index (χ2n) is 7.02. The number of hydrogen-bond acceptors (Lipinski definition) is 5. The van der Waals surface area contributed by atoms with Crippen LogP contribution in [0.3, 0.4) is 0 Å². The summed E-state index contributed by atoms with van der Waals surface area (Å²) in [5.74, 6) is 0.210. The van der Waals surface area contributed by atoms with Gasteiger partial charge in [0, 0.05) is 17.1 Å². The maximum absolute atomic E-state index is 13.0. The summed E-state index contributed by atoms with van der Waals surface area (Å²) in [7, 11) is 0. The van der Waals surface area contributed by atoms with Crippen LogP contribution in [0.15, 0.2) is 46.1 Å². The van der Waals surface area contributed by atoms with Gasteiger partial charge in [-0.2, -0.15) is 0 Å². The van der Waals surface area contributed by atoms with Crippen LogP contribution in [0.1, 0.15) is 26.5 Å². The number of allylic oxidation sites excluding steroid dienone is 1. The minimum absolute atomic E-state index is 0.0353. The van der Waals surface area contributed by atoms with Gasteiger partial charge in [0.25, 0.3) is 0 Å². The van der Waals surface area contributed by atoms with Crippen molar-refractivity contribution in [3.8, 4) is 11.5 Å². The summed E-state index contributed by atoms with van der Waals surface area (Å²) in [5.41, 5.74) is 0.710. The monoisotopic (exact) mass is 374 g/mol. The van der Waals surface area contributed by atoms with E-state index in [0.717, 1.165) is 0 Å². The van der Waals surface area contributed by atoms with Crippen LogP contribution in [0.4, 0.5) is 4.39 Å². The molecule has 0 aliphatic carbocycles. The van der Waals surface area contributed by atoms with E-state index in [9.17, 15) is 14.0 Å². The van der Waals surface area contributed by atoms with E-state index in [-0.39, 0.29) is 24.1 Å². The Bertz CT molecular complexity index is 866. The molecule has 0 bridgehead atoms. The molecule has 7 heteroatoms. The van der Waals surface area contributed by atoms with Gasteiger partial charge in [-0.05, 0) is 24.3 Å². The Hall–Kier alpha value is -2.41. The third-order valence-corrected chi connectivity index (χ3v) is 4.89. The molecule has 5 nitrogen and oxygen atoms in total. The second-order valence-corrected chi connectivity index (χ2v) is 8.01. The first-order chi connectivity index (χ1) is 12.2. The number of aromatic nitrogens is 1. The van der Waals surface area contributed by atoms with E-state index in [1.54, 1.807) is 17.0 Å². The van der Waals surface area contributed by atoms with Crippen LogP contribution in [0.2, 0.25) is 0 Å². The Morgan fingerprint density at radius 3 is 2.69 bits per heavy atom. The lowest BCUT2D eigenvalue weighted by Crippen LogP contribution is -2.26. The van der Waals surface area contributed by atoms with Crippen molar-refractivity contribution in [2.45, 2.75) is 27.3 Å². The Balaban J connectivity index is 1.79. The Kier molecular flexibility index (Phi) is 5.00. The largest absolute Gasteiger partial charge is 0.444 e. The van der Waals surface area contributed by atoms with Crippen molar-refractivity contribution < 1.29 is 18.4 Å². The number of amides is 1. The smallest absolute Gasteiger partial charge is 0.238 e. The number of benzene rings is 1. The third kappa shape index (κ3) is 4.04. The fraction of sp³-hybridized carbons (Fsp3) is 0.316. The van der Waals surface area contributed by atoms with Gasteiger partial charge in [0.1, 0.15) is 12.1 Å². The lowest BCUT2D eigenvalue weighted by Gasteiger charge is -2.18. The van der Waals surface area contributed by atoms with Crippen molar-refractivity contribution in [2.75, 3.05) is 5.75 Å². The Morgan fingerprint density at radius 2 is 2.04 bits per heavy atom. The van der Waals surface area contributed by atoms with Crippen LogP contribution < -0.4 is 0 Å². The molecule has 2 aromatic rings. The third-order valence-electron chi connectivity index (χ3n) is 3.87. The topological polar surface area (TPSA) is 63.4 Å². The van der Waals surface area contributed by atoms with Crippen LogP contribution in [0.5, 0.6) is 0 Å². The first kappa shape index (κ1) is 18.4. The molecular formula is C19H19FN2O3S. The van der Waals surface area contributed by atoms with Gasteiger partial charge >= 0.3 is 0 Å². The van der Waals surface area contributed by atoms with E-state index in [2.05, 4.69) is 4.98 Å². The highest BCUT2D eigenvalue weighted by Crippen LogP contribution is 2.32. The van der Waals surface area contributed by atoms with Gasteiger partial charge in [0.2, 0.25) is 11.8 Å². The normalized spacial score (nSPS) is 16.5. The molecule has 1 amide bonds. The molecule has 0 unspecified atom stereocenters. The summed E-state index contributed by atoms with van der Waals surface area (Å²) >= 11 is 1.34. The summed E-state index contributed by atoms with van der Waals surface area (Å²) in [6.45, 7) is 5.74. The van der Waals surface area contributed by atoms with Crippen molar-refractivity contribution in [3.63, 3.8) is 0 Å². The number of nitrogens with zero attached hydrogens (tertiary/aromatic N) is 2. The number of rotatable bonds is 4.